The Morgan fingerprint density at radius 3 is 2.64 bits per heavy atom. The summed E-state index contributed by atoms with van der Waals surface area (Å²) in [5.74, 6) is -0.306. The van der Waals surface area contributed by atoms with Gasteiger partial charge in [0, 0.05) is 30.9 Å². The van der Waals surface area contributed by atoms with Crippen LogP contribution in [0.1, 0.15) is 23.3 Å². The fourth-order valence-corrected chi connectivity index (χ4v) is 4.43. The molecule has 1 amide bonds. The predicted molar refractivity (Wildman–Crippen MR) is 98.3 cm³/mol. The number of amides is 1. The number of aromatic nitrogens is 1. The summed E-state index contributed by atoms with van der Waals surface area (Å²) in [5.41, 5.74) is 5.08. The number of hydrogen-bond donors (Lipinski definition) is 1. The molecule has 11 heteroatoms. The van der Waals surface area contributed by atoms with Crippen molar-refractivity contribution < 1.29 is 22.9 Å². The number of pyridine rings is 1. The summed E-state index contributed by atoms with van der Waals surface area (Å²) in [4.78, 5) is 25.2. The van der Waals surface area contributed by atoms with Gasteiger partial charge in [0.25, 0.3) is 11.6 Å². The number of nitrogens with two attached hydrogens (primary N) is 1. The monoisotopic (exact) mass is 406 g/mol. The van der Waals surface area contributed by atoms with Gasteiger partial charge in [0.05, 0.1) is 16.4 Å². The molecule has 148 valence electrons. The summed E-state index contributed by atoms with van der Waals surface area (Å²) < 4.78 is 32.8. The summed E-state index contributed by atoms with van der Waals surface area (Å²) in [5, 5.41) is 10.7. The molecule has 2 aromatic rings. The highest BCUT2D eigenvalue weighted by molar-refractivity contribution is 7.89. The van der Waals surface area contributed by atoms with Crippen molar-refractivity contribution in [2.45, 2.75) is 23.8 Å². The highest BCUT2D eigenvalue weighted by Crippen LogP contribution is 2.25. The van der Waals surface area contributed by atoms with Crippen LogP contribution < -0.4 is 10.5 Å². The Morgan fingerprint density at radius 2 is 2.00 bits per heavy atom. The second-order valence-corrected chi connectivity index (χ2v) is 8.18. The van der Waals surface area contributed by atoms with Gasteiger partial charge in [-0.05, 0) is 31.0 Å². The van der Waals surface area contributed by atoms with Crippen LogP contribution in [0.5, 0.6) is 5.75 Å². The zero-order valence-corrected chi connectivity index (χ0v) is 15.5. The van der Waals surface area contributed by atoms with Crippen molar-refractivity contribution in [3.05, 3.63) is 58.4 Å². The quantitative estimate of drug-likeness (QED) is 0.562. The summed E-state index contributed by atoms with van der Waals surface area (Å²) in [6, 6.07) is 7.74. The van der Waals surface area contributed by atoms with E-state index in [4.69, 9.17) is 10.5 Å². The molecule has 10 nitrogen and oxygen atoms in total. The van der Waals surface area contributed by atoms with Gasteiger partial charge in [-0.2, -0.15) is 4.31 Å². The van der Waals surface area contributed by atoms with E-state index in [0.29, 0.717) is 25.1 Å². The molecule has 0 spiro atoms. The maximum absolute atomic E-state index is 12.8. The van der Waals surface area contributed by atoms with E-state index in [1.54, 1.807) is 6.07 Å². The molecule has 0 saturated carbocycles. The fraction of sp³-hybridized carbons (Fsp3) is 0.294. The van der Waals surface area contributed by atoms with Crippen molar-refractivity contribution in [3.63, 3.8) is 0 Å². The first-order valence-electron chi connectivity index (χ1n) is 8.44. The molecule has 1 atom stereocenters. The Kier molecular flexibility index (Phi) is 5.56. The number of non-ortho nitro benzene ring substituents is 1. The number of hydrogen-bond acceptors (Lipinski definition) is 7. The van der Waals surface area contributed by atoms with E-state index in [1.165, 1.54) is 28.7 Å². The van der Waals surface area contributed by atoms with Crippen LogP contribution in [0.2, 0.25) is 0 Å². The number of nitro benzene ring substituents is 1. The van der Waals surface area contributed by atoms with Gasteiger partial charge in [0.2, 0.25) is 10.0 Å². The van der Waals surface area contributed by atoms with Crippen LogP contribution in [0.4, 0.5) is 5.69 Å². The first-order valence-corrected chi connectivity index (χ1v) is 9.88. The SMILES string of the molecule is NC(=O)c1cc(OC2CCCN(S(=O)(=O)c3ccc([N+](=O)[O-])cc3)C2)ccn1. The number of piperidine rings is 1. The average molecular weight is 406 g/mol. The van der Waals surface area contributed by atoms with Gasteiger partial charge >= 0.3 is 0 Å². The maximum atomic E-state index is 12.8. The number of benzene rings is 1. The summed E-state index contributed by atoms with van der Waals surface area (Å²) in [6.45, 7) is 0.440. The molecule has 1 aromatic heterocycles. The number of nitro groups is 1. The Balaban J connectivity index is 1.74. The lowest BCUT2D eigenvalue weighted by Crippen LogP contribution is -2.44. The minimum Gasteiger partial charge on any atom is -0.489 e. The average Bonchev–Trinajstić information content (AvgIpc) is 2.68. The standard InChI is InChI=1S/C17H18N4O6S/c18-17(22)16-10-13(7-8-19-16)27-14-2-1-9-20(11-14)28(25,26)15-5-3-12(4-6-15)21(23)24/h3-8,10,14H,1-2,9,11H2,(H2,18,22). The first-order chi connectivity index (χ1) is 13.3. The van der Waals surface area contributed by atoms with Crippen molar-refractivity contribution in [2.75, 3.05) is 13.1 Å². The number of ether oxygens (including phenoxy) is 1. The lowest BCUT2D eigenvalue weighted by molar-refractivity contribution is -0.384. The van der Waals surface area contributed by atoms with E-state index in [0.717, 1.165) is 12.1 Å². The third-order valence-electron chi connectivity index (χ3n) is 4.31. The number of carbonyl (C=O) groups excluding carboxylic acids is 1. The number of rotatable bonds is 6. The normalized spacial score (nSPS) is 17.8. The minimum atomic E-state index is -3.81. The van der Waals surface area contributed by atoms with Gasteiger partial charge in [-0.1, -0.05) is 0 Å². The van der Waals surface area contributed by atoms with Gasteiger partial charge < -0.3 is 10.5 Å². The third kappa shape index (κ3) is 4.26. The van der Waals surface area contributed by atoms with Gasteiger partial charge in [-0.3, -0.25) is 19.9 Å². The van der Waals surface area contributed by atoms with Crippen LogP contribution in [-0.2, 0) is 10.0 Å². The van der Waals surface area contributed by atoms with Gasteiger partial charge in [-0.15, -0.1) is 0 Å². The van der Waals surface area contributed by atoms with Gasteiger partial charge in [0.1, 0.15) is 17.5 Å². The molecule has 0 aliphatic carbocycles. The highest BCUT2D eigenvalue weighted by atomic mass is 32.2. The van der Waals surface area contributed by atoms with Crippen molar-refractivity contribution >= 4 is 21.6 Å². The number of nitrogens with zero attached hydrogens (tertiary/aromatic N) is 3. The molecule has 28 heavy (non-hydrogen) atoms. The number of carbonyl (C=O) groups is 1. The lowest BCUT2D eigenvalue weighted by atomic mass is 10.1. The van der Waals surface area contributed by atoms with E-state index in [1.807, 2.05) is 0 Å². The van der Waals surface area contributed by atoms with Gasteiger partial charge in [-0.25, -0.2) is 8.42 Å². The Hall–Kier alpha value is -3.05. The van der Waals surface area contributed by atoms with Crippen LogP contribution in [0.15, 0.2) is 47.5 Å². The predicted octanol–water partition coefficient (Wildman–Crippen LogP) is 1.32. The molecule has 1 saturated heterocycles. The molecule has 2 N–H and O–H groups in total. The van der Waals surface area contributed by atoms with Crippen LogP contribution in [0.3, 0.4) is 0 Å². The van der Waals surface area contributed by atoms with E-state index >= 15 is 0 Å². The summed E-state index contributed by atoms with van der Waals surface area (Å²) in [6.07, 6.45) is 2.21. The molecule has 1 fully saturated rings. The van der Waals surface area contributed by atoms with E-state index in [2.05, 4.69) is 4.98 Å². The second-order valence-electron chi connectivity index (χ2n) is 6.24. The Labute approximate surface area is 161 Å². The molecule has 3 rings (SSSR count). The zero-order valence-electron chi connectivity index (χ0n) is 14.7. The molecule has 1 aliphatic rings. The molecule has 1 aliphatic heterocycles. The first kappa shape index (κ1) is 19.7. The summed E-state index contributed by atoms with van der Waals surface area (Å²) in [7, 11) is -3.81. The topological polar surface area (TPSA) is 146 Å². The summed E-state index contributed by atoms with van der Waals surface area (Å²) >= 11 is 0. The van der Waals surface area contributed by atoms with E-state index < -0.39 is 27.0 Å². The van der Waals surface area contributed by atoms with Crippen molar-refractivity contribution in [1.29, 1.82) is 0 Å². The number of sulfonamides is 1. The lowest BCUT2D eigenvalue weighted by Gasteiger charge is -2.32. The minimum absolute atomic E-state index is 0.0151. The van der Waals surface area contributed by atoms with E-state index in [-0.39, 0.29) is 22.8 Å². The zero-order chi connectivity index (χ0) is 20.3. The van der Waals surface area contributed by atoms with Crippen molar-refractivity contribution in [3.8, 4) is 5.75 Å². The third-order valence-corrected chi connectivity index (χ3v) is 6.19. The van der Waals surface area contributed by atoms with Crippen molar-refractivity contribution in [1.82, 2.24) is 9.29 Å². The van der Waals surface area contributed by atoms with Crippen LogP contribution in [0.25, 0.3) is 0 Å². The van der Waals surface area contributed by atoms with Crippen LogP contribution >= 0.6 is 0 Å². The van der Waals surface area contributed by atoms with Crippen molar-refractivity contribution in [2.24, 2.45) is 5.73 Å². The van der Waals surface area contributed by atoms with Crippen LogP contribution in [0, 0.1) is 10.1 Å². The number of primary amides is 1. The second kappa shape index (κ2) is 7.90. The highest BCUT2D eigenvalue weighted by Gasteiger charge is 2.31. The molecule has 0 bridgehead atoms. The van der Waals surface area contributed by atoms with Crippen LogP contribution in [-0.4, -0.2) is 47.7 Å². The fourth-order valence-electron chi connectivity index (χ4n) is 2.92. The van der Waals surface area contributed by atoms with Gasteiger partial charge in [0.15, 0.2) is 0 Å². The smallest absolute Gasteiger partial charge is 0.269 e. The Morgan fingerprint density at radius 1 is 1.29 bits per heavy atom. The molecular formula is C17H18N4O6S. The molecular weight excluding hydrogens is 388 g/mol. The molecule has 1 aromatic carbocycles. The molecule has 2 heterocycles. The van der Waals surface area contributed by atoms with E-state index in [9.17, 15) is 23.3 Å². The molecule has 1 unspecified atom stereocenters. The largest absolute Gasteiger partial charge is 0.489 e. The maximum Gasteiger partial charge on any atom is 0.269 e. The Bertz CT molecular complexity index is 993. The molecule has 0 radical (unpaired) electrons.